The molecule has 0 bridgehead atoms. The summed E-state index contributed by atoms with van der Waals surface area (Å²) in [6.45, 7) is 0.705. The second kappa shape index (κ2) is 5.58. The SMILES string of the molecule is COC(=O)c1cncc(NCc2cc3c(s2)CCC3)n1. The number of aryl methyl sites for hydroxylation is 2. The number of ether oxygens (including phenoxy) is 1. The molecule has 0 fully saturated rings. The van der Waals surface area contributed by atoms with Crippen molar-refractivity contribution in [3.05, 3.63) is 39.5 Å². The molecular formula is C14H15N3O2S. The molecule has 2 aromatic rings. The molecule has 3 rings (SSSR count). The van der Waals surface area contributed by atoms with Crippen molar-refractivity contribution in [1.82, 2.24) is 9.97 Å². The fraction of sp³-hybridized carbons (Fsp3) is 0.357. The van der Waals surface area contributed by atoms with Crippen LogP contribution >= 0.6 is 11.3 Å². The number of fused-ring (bicyclic) bond motifs is 1. The quantitative estimate of drug-likeness (QED) is 0.876. The van der Waals surface area contributed by atoms with Crippen LogP contribution in [0.25, 0.3) is 0 Å². The van der Waals surface area contributed by atoms with Gasteiger partial charge in [0, 0.05) is 9.75 Å². The van der Waals surface area contributed by atoms with Crippen LogP contribution in [0.4, 0.5) is 5.82 Å². The molecule has 0 radical (unpaired) electrons. The maximum Gasteiger partial charge on any atom is 0.358 e. The van der Waals surface area contributed by atoms with Gasteiger partial charge >= 0.3 is 5.97 Å². The summed E-state index contributed by atoms with van der Waals surface area (Å²) in [5.41, 5.74) is 1.70. The Balaban J connectivity index is 1.67. The smallest absolute Gasteiger partial charge is 0.358 e. The van der Waals surface area contributed by atoms with E-state index in [0.29, 0.717) is 12.4 Å². The number of hydrogen-bond acceptors (Lipinski definition) is 6. The number of nitrogens with one attached hydrogen (secondary N) is 1. The first kappa shape index (κ1) is 13.1. The zero-order chi connectivity index (χ0) is 13.9. The van der Waals surface area contributed by atoms with Gasteiger partial charge in [0.05, 0.1) is 26.0 Å². The molecule has 104 valence electrons. The molecule has 1 aliphatic carbocycles. The van der Waals surface area contributed by atoms with E-state index < -0.39 is 5.97 Å². The number of carbonyl (C=O) groups excluding carboxylic acids is 1. The van der Waals surface area contributed by atoms with Gasteiger partial charge in [-0.2, -0.15) is 0 Å². The van der Waals surface area contributed by atoms with Gasteiger partial charge in [0.2, 0.25) is 0 Å². The first-order valence-electron chi connectivity index (χ1n) is 6.51. The summed E-state index contributed by atoms with van der Waals surface area (Å²) < 4.78 is 4.63. The van der Waals surface area contributed by atoms with Crippen LogP contribution in [0, 0.1) is 0 Å². The minimum absolute atomic E-state index is 0.214. The van der Waals surface area contributed by atoms with Crippen molar-refractivity contribution in [3.63, 3.8) is 0 Å². The number of methoxy groups -OCH3 is 1. The van der Waals surface area contributed by atoms with Crippen molar-refractivity contribution < 1.29 is 9.53 Å². The minimum Gasteiger partial charge on any atom is -0.464 e. The van der Waals surface area contributed by atoms with Crippen molar-refractivity contribution in [2.75, 3.05) is 12.4 Å². The van der Waals surface area contributed by atoms with Gasteiger partial charge in [0.1, 0.15) is 5.82 Å². The van der Waals surface area contributed by atoms with Crippen LogP contribution in [0.5, 0.6) is 0 Å². The predicted octanol–water partition coefficient (Wildman–Crippen LogP) is 2.43. The van der Waals surface area contributed by atoms with Gasteiger partial charge in [-0.15, -0.1) is 11.3 Å². The van der Waals surface area contributed by atoms with Crippen LogP contribution in [0.1, 0.15) is 32.2 Å². The molecular weight excluding hydrogens is 274 g/mol. The van der Waals surface area contributed by atoms with Crippen molar-refractivity contribution >= 4 is 23.1 Å². The lowest BCUT2D eigenvalue weighted by Crippen LogP contribution is -2.08. The number of rotatable bonds is 4. The Morgan fingerprint density at radius 1 is 1.45 bits per heavy atom. The molecule has 0 spiro atoms. The standard InChI is InChI=1S/C14H15N3O2S/c1-19-14(18)11-7-15-8-13(17-11)16-6-10-5-9-3-2-4-12(9)20-10/h5,7-8H,2-4,6H2,1H3,(H,16,17). The molecule has 0 unspecified atom stereocenters. The van der Waals surface area contributed by atoms with Gasteiger partial charge in [0.25, 0.3) is 0 Å². The normalized spacial score (nSPS) is 13.1. The lowest BCUT2D eigenvalue weighted by atomic mass is 10.2. The molecule has 0 aromatic carbocycles. The largest absolute Gasteiger partial charge is 0.464 e. The number of carbonyl (C=O) groups is 1. The third kappa shape index (κ3) is 2.65. The Labute approximate surface area is 121 Å². The molecule has 6 heteroatoms. The predicted molar refractivity (Wildman–Crippen MR) is 77.0 cm³/mol. The number of nitrogens with zero attached hydrogens (tertiary/aromatic N) is 2. The summed E-state index contributed by atoms with van der Waals surface area (Å²) >= 11 is 1.85. The molecule has 1 N–H and O–H groups in total. The summed E-state index contributed by atoms with van der Waals surface area (Å²) in [6, 6.07) is 2.26. The van der Waals surface area contributed by atoms with Gasteiger partial charge in [0.15, 0.2) is 5.69 Å². The van der Waals surface area contributed by atoms with Crippen LogP contribution in [0.3, 0.4) is 0 Å². The zero-order valence-corrected chi connectivity index (χ0v) is 12.0. The molecule has 2 aromatic heterocycles. The van der Waals surface area contributed by atoms with E-state index in [1.807, 2.05) is 11.3 Å². The number of thiophene rings is 1. The van der Waals surface area contributed by atoms with E-state index >= 15 is 0 Å². The van der Waals surface area contributed by atoms with Crippen molar-refractivity contribution in [1.29, 1.82) is 0 Å². The molecule has 0 saturated carbocycles. The lowest BCUT2D eigenvalue weighted by molar-refractivity contribution is 0.0593. The molecule has 0 saturated heterocycles. The summed E-state index contributed by atoms with van der Waals surface area (Å²) in [4.78, 5) is 22.4. The van der Waals surface area contributed by atoms with E-state index in [4.69, 9.17) is 0 Å². The highest BCUT2D eigenvalue weighted by Gasteiger charge is 2.14. The summed E-state index contributed by atoms with van der Waals surface area (Å²) in [5, 5.41) is 3.20. The fourth-order valence-corrected chi connectivity index (χ4v) is 3.51. The van der Waals surface area contributed by atoms with Crippen LogP contribution < -0.4 is 5.32 Å². The molecule has 2 heterocycles. The maximum atomic E-state index is 11.4. The molecule has 1 aliphatic rings. The van der Waals surface area contributed by atoms with E-state index in [0.717, 1.165) is 0 Å². The van der Waals surface area contributed by atoms with Gasteiger partial charge in [-0.05, 0) is 30.9 Å². The fourth-order valence-electron chi connectivity index (χ4n) is 2.31. The van der Waals surface area contributed by atoms with Gasteiger partial charge in [-0.25, -0.2) is 9.78 Å². The number of anilines is 1. The summed E-state index contributed by atoms with van der Waals surface area (Å²) in [5.74, 6) is 0.109. The molecule has 0 atom stereocenters. The second-order valence-electron chi connectivity index (χ2n) is 4.65. The maximum absolute atomic E-state index is 11.4. The Morgan fingerprint density at radius 3 is 3.15 bits per heavy atom. The monoisotopic (exact) mass is 289 g/mol. The van der Waals surface area contributed by atoms with Gasteiger partial charge in [-0.3, -0.25) is 4.98 Å². The molecule has 0 amide bonds. The molecule has 5 nitrogen and oxygen atoms in total. The Morgan fingerprint density at radius 2 is 2.35 bits per heavy atom. The van der Waals surface area contributed by atoms with Crippen molar-refractivity contribution in [2.45, 2.75) is 25.8 Å². The van der Waals surface area contributed by atoms with Crippen LogP contribution in [-0.2, 0) is 24.1 Å². The van der Waals surface area contributed by atoms with Crippen molar-refractivity contribution in [2.24, 2.45) is 0 Å². The summed E-state index contributed by atoms with van der Waals surface area (Å²) in [7, 11) is 1.33. The highest BCUT2D eigenvalue weighted by Crippen LogP contribution is 2.30. The van der Waals surface area contributed by atoms with Crippen LogP contribution in [0.15, 0.2) is 18.5 Å². The minimum atomic E-state index is -0.476. The molecule has 0 aliphatic heterocycles. The Bertz CT molecular complexity index is 618. The van der Waals surface area contributed by atoms with Crippen LogP contribution in [0.2, 0.25) is 0 Å². The van der Waals surface area contributed by atoms with E-state index in [-0.39, 0.29) is 5.69 Å². The number of esters is 1. The number of hydrogen-bond donors (Lipinski definition) is 1. The first-order chi connectivity index (χ1) is 9.76. The first-order valence-corrected chi connectivity index (χ1v) is 7.32. The number of aromatic nitrogens is 2. The molecule has 20 heavy (non-hydrogen) atoms. The zero-order valence-electron chi connectivity index (χ0n) is 11.2. The average molecular weight is 289 g/mol. The summed E-state index contributed by atoms with van der Waals surface area (Å²) in [6.07, 6.45) is 6.69. The Kier molecular flexibility index (Phi) is 3.64. The lowest BCUT2D eigenvalue weighted by Gasteiger charge is -2.05. The van der Waals surface area contributed by atoms with E-state index in [1.54, 1.807) is 6.20 Å². The topological polar surface area (TPSA) is 64.1 Å². The van der Waals surface area contributed by atoms with E-state index in [1.165, 1.54) is 47.9 Å². The highest BCUT2D eigenvalue weighted by atomic mass is 32.1. The highest BCUT2D eigenvalue weighted by molar-refractivity contribution is 7.12. The average Bonchev–Trinajstić information content (AvgIpc) is 3.05. The third-order valence-electron chi connectivity index (χ3n) is 3.27. The van der Waals surface area contributed by atoms with Gasteiger partial charge in [-0.1, -0.05) is 0 Å². The van der Waals surface area contributed by atoms with E-state index in [2.05, 4.69) is 26.1 Å². The van der Waals surface area contributed by atoms with Crippen molar-refractivity contribution in [3.8, 4) is 0 Å². The van der Waals surface area contributed by atoms with E-state index in [9.17, 15) is 4.79 Å². The second-order valence-corrected chi connectivity index (χ2v) is 5.87. The van der Waals surface area contributed by atoms with Crippen LogP contribution in [-0.4, -0.2) is 23.0 Å². The Hall–Kier alpha value is -1.95. The van der Waals surface area contributed by atoms with Gasteiger partial charge < -0.3 is 10.1 Å². The third-order valence-corrected chi connectivity index (χ3v) is 4.51.